The molecule has 0 aliphatic rings. The van der Waals surface area contributed by atoms with Crippen LogP contribution in [0.1, 0.15) is 12.7 Å². The van der Waals surface area contributed by atoms with Gasteiger partial charge in [-0.2, -0.15) is 0 Å². The molecule has 1 heterocycles. The van der Waals surface area contributed by atoms with E-state index in [2.05, 4.69) is 9.97 Å². The Balaban J connectivity index is 2.80. The summed E-state index contributed by atoms with van der Waals surface area (Å²) in [5.41, 5.74) is 0. The van der Waals surface area contributed by atoms with E-state index < -0.39 is 13.0 Å². The lowest BCUT2D eigenvalue weighted by Crippen LogP contribution is -2.25. The Morgan fingerprint density at radius 2 is 2.18 bits per heavy atom. The van der Waals surface area contributed by atoms with Gasteiger partial charge in [-0.15, -0.1) is 0 Å². The van der Waals surface area contributed by atoms with Crippen molar-refractivity contribution in [3.05, 3.63) is 17.0 Å². The molecule has 4 nitrogen and oxygen atoms in total. The van der Waals surface area contributed by atoms with Crippen molar-refractivity contribution in [1.82, 2.24) is 9.97 Å². The number of ether oxygens (including phenoxy) is 1. The third-order valence-corrected chi connectivity index (χ3v) is 2.16. The van der Waals surface area contributed by atoms with Crippen molar-refractivity contribution >= 4 is 17.4 Å². The summed E-state index contributed by atoms with van der Waals surface area (Å²) in [6, 6.07) is 1.44. The Bertz CT molecular complexity index is 365. The van der Waals surface area contributed by atoms with Crippen LogP contribution in [0.3, 0.4) is 0 Å². The van der Waals surface area contributed by atoms with Gasteiger partial charge in [0.1, 0.15) is 17.6 Å². The van der Waals surface area contributed by atoms with Gasteiger partial charge in [0.15, 0.2) is 5.82 Å². The maximum Gasteiger partial charge on any atom is 0.255 e. The van der Waals surface area contributed by atoms with E-state index in [9.17, 15) is 8.78 Å². The highest BCUT2D eigenvalue weighted by Gasteiger charge is 2.12. The molecule has 0 N–H and O–H groups in total. The molecular formula is C10H14ClF2N3O. The van der Waals surface area contributed by atoms with Crippen LogP contribution in [0.15, 0.2) is 6.07 Å². The van der Waals surface area contributed by atoms with Crippen molar-refractivity contribution in [3.8, 4) is 0 Å². The molecular weight excluding hydrogens is 252 g/mol. The van der Waals surface area contributed by atoms with E-state index in [0.29, 0.717) is 18.2 Å². The molecule has 1 rings (SSSR count). The number of hydrogen-bond donors (Lipinski definition) is 0. The lowest BCUT2D eigenvalue weighted by molar-refractivity contribution is 0.128. The summed E-state index contributed by atoms with van der Waals surface area (Å²) in [6.07, 6.45) is -2.43. The van der Waals surface area contributed by atoms with E-state index in [4.69, 9.17) is 16.3 Å². The van der Waals surface area contributed by atoms with Crippen molar-refractivity contribution < 1.29 is 13.5 Å². The first-order valence-electron chi connectivity index (χ1n) is 5.13. The maximum atomic E-state index is 12.2. The van der Waals surface area contributed by atoms with Crippen molar-refractivity contribution in [2.75, 3.05) is 25.1 Å². The smallest absolute Gasteiger partial charge is 0.255 e. The lowest BCUT2D eigenvalue weighted by Gasteiger charge is -2.18. The van der Waals surface area contributed by atoms with Gasteiger partial charge in [0.25, 0.3) is 6.43 Å². The standard InChI is InChI=1S/C10H14ClF2N3O/c1-3-17-6-9-14-7(11)4-10(15-9)16(2)5-8(12)13/h4,8H,3,5-6H2,1-2H3. The molecule has 0 radical (unpaired) electrons. The normalized spacial score (nSPS) is 10.9. The van der Waals surface area contributed by atoms with Crippen LogP contribution in [0.5, 0.6) is 0 Å². The number of hydrogen-bond acceptors (Lipinski definition) is 4. The third kappa shape index (κ3) is 4.79. The number of alkyl halides is 2. The Kier molecular flexibility index (Phi) is 5.50. The molecule has 0 aliphatic carbocycles. The number of nitrogens with zero attached hydrogens (tertiary/aromatic N) is 3. The van der Waals surface area contributed by atoms with Gasteiger partial charge in [0.05, 0.1) is 6.54 Å². The fraction of sp³-hybridized carbons (Fsp3) is 0.600. The quantitative estimate of drug-likeness (QED) is 0.740. The summed E-state index contributed by atoms with van der Waals surface area (Å²) < 4.78 is 29.6. The molecule has 0 aromatic carbocycles. The van der Waals surface area contributed by atoms with Gasteiger partial charge >= 0.3 is 0 Å². The Hall–Kier alpha value is -1.01. The first-order valence-corrected chi connectivity index (χ1v) is 5.51. The summed E-state index contributed by atoms with van der Waals surface area (Å²) in [7, 11) is 1.52. The minimum atomic E-state index is -2.43. The highest BCUT2D eigenvalue weighted by molar-refractivity contribution is 6.29. The third-order valence-electron chi connectivity index (χ3n) is 1.97. The molecule has 96 valence electrons. The molecule has 0 saturated carbocycles. The van der Waals surface area contributed by atoms with Crippen LogP contribution >= 0.6 is 11.6 Å². The Labute approximate surface area is 104 Å². The molecule has 7 heteroatoms. The predicted octanol–water partition coefficient (Wildman–Crippen LogP) is 2.37. The summed E-state index contributed by atoms with van der Waals surface area (Å²) in [5.74, 6) is 0.746. The first-order chi connectivity index (χ1) is 8.02. The number of aromatic nitrogens is 2. The zero-order valence-corrected chi connectivity index (χ0v) is 10.4. The summed E-state index contributed by atoms with van der Waals surface area (Å²) in [5, 5.41) is 0.214. The van der Waals surface area contributed by atoms with Crippen LogP contribution in [0.2, 0.25) is 5.15 Å². The van der Waals surface area contributed by atoms with Gasteiger partial charge in [0, 0.05) is 19.7 Å². The lowest BCUT2D eigenvalue weighted by atomic mass is 10.4. The van der Waals surface area contributed by atoms with E-state index in [0.717, 1.165) is 0 Å². The summed E-state index contributed by atoms with van der Waals surface area (Å²) in [6.45, 7) is 2.18. The average Bonchev–Trinajstić information content (AvgIpc) is 2.24. The minimum Gasteiger partial charge on any atom is -0.374 e. The van der Waals surface area contributed by atoms with Crippen LogP contribution < -0.4 is 4.90 Å². The van der Waals surface area contributed by atoms with Crippen molar-refractivity contribution in [3.63, 3.8) is 0 Å². The van der Waals surface area contributed by atoms with Crippen LogP contribution in [-0.2, 0) is 11.3 Å². The second-order valence-corrected chi connectivity index (χ2v) is 3.76. The molecule has 1 aromatic heterocycles. The maximum absolute atomic E-state index is 12.2. The second kappa shape index (κ2) is 6.66. The van der Waals surface area contributed by atoms with E-state index >= 15 is 0 Å². The van der Waals surface area contributed by atoms with Crippen LogP contribution in [-0.4, -0.2) is 36.6 Å². The van der Waals surface area contributed by atoms with Gasteiger partial charge in [0.2, 0.25) is 0 Å². The van der Waals surface area contributed by atoms with E-state index in [1.165, 1.54) is 18.0 Å². The van der Waals surface area contributed by atoms with Crippen LogP contribution in [0, 0.1) is 0 Å². The molecule has 1 aromatic rings. The monoisotopic (exact) mass is 265 g/mol. The largest absolute Gasteiger partial charge is 0.374 e. The molecule has 0 spiro atoms. The molecule has 0 unspecified atom stereocenters. The molecule has 0 atom stereocenters. The predicted molar refractivity (Wildman–Crippen MR) is 61.6 cm³/mol. The fourth-order valence-electron chi connectivity index (χ4n) is 1.21. The van der Waals surface area contributed by atoms with Gasteiger partial charge in [-0.25, -0.2) is 18.7 Å². The average molecular weight is 266 g/mol. The Morgan fingerprint density at radius 1 is 1.47 bits per heavy atom. The molecule has 0 bridgehead atoms. The van der Waals surface area contributed by atoms with Crippen LogP contribution in [0.4, 0.5) is 14.6 Å². The zero-order chi connectivity index (χ0) is 12.8. The minimum absolute atomic E-state index is 0.214. The van der Waals surface area contributed by atoms with Gasteiger partial charge in [-0.05, 0) is 6.92 Å². The fourth-order valence-corrected chi connectivity index (χ4v) is 1.40. The van der Waals surface area contributed by atoms with E-state index in [1.54, 1.807) is 0 Å². The molecule has 0 fully saturated rings. The molecule has 0 aliphatic heterocycles. The first kappa shape index (κ1) is 14.1. The summed E-state index contributed by atoms with van der Waals surface area (Å²) >= 11 is 5.79. The second-order valence-electron chi connectivity index (χ2n) is 3.37. The molecule has 17 heavy (non-hydrogen) atoms. The number of halogens is 3. The van der Waals surface area contributed by atoms with E-state index in [1.807, 2.05) is 6.92 Å². The zero-order valence-electron chi connectivity index (χ0n) is 9.66. The molecule has 0 amide bonds. The van der Waals surface area contributed by atoms with Crippen molar-refractivity contribution in [2.24, 2.45) is 0 Å². The summed E-state index contributed by atoms with van der Waals surface area (Å²) in [4.78, 5) is 9.37. The van der Waals surface area contributed by atoms with Gasteiger partial charge in [-0.3, -0.25) is 0 Å². The van der Waals surface area contributed by atoms with Gasteiger partial charge < -0.3 is 9.64 Å². The number of rotatable bonds is 6. The Morgan fingerprint density at radius 3 is 2.76 bits per heavy atom. The molecule has 0 saturated heterocycles. The number of anilines is 1. The van der Waals surface area contributed by atoms with Crippen LogP contribution in [0.25, 0.3) is 0 Å². The highest BCUT2D eigenvalue weighted by atomic mass is 35.5. The SMILES string of the molecule is CCOCc1nc(Cl)cc(N(C)CC(F)F)n1. The topological polar surface area (TPSA) is 38.2 Å². The van der Waals surface area contributed by atoms with Crippen molar-refractivity contribution in [2.45, 2.75) is 20.0 Å². The van der Waals surface area contributed by atoms with Crippen molar-refractivity contribution in [1.29, 1.82) is 0 Å². The van der Waals surface area contributed by atoms with Gasteiger partial charge in [-0.1, -0.05) is 11.6 Å². The van der Waals surface area contributed by atoms with E-state index in [-0.39, 0.29) is 11.8 Å². The highest BCUT2D eigenvalue weighted by Crippen LogP contribution is 2.16.